The number of hydrogen-bond donors (Lipinski definition) is 0. The monoisotopic (exact) mass is 251 g/mol. The molecule has 0 bridgehead atoms. The van der Waals surface area contributed by atoms with E-state index >= 15 is 0 Å². The van der Waals surface area contributed by atoms with E-state index in [1.807, 2.05) is 13.2 Å². The van der Waals surface area contributed by atoms with E-state index in [1.54, 1.807) is 4.68 Å². The second kappa shape index (κ2) is 2.48. The zero-order chi connectivity index (χ0) is 7.78. The highest BCUT2D eigenvalue weighted by atomic mass is 127. The van der Waals surface area contributed by atoms with E-state index in [4.69, 9.17) is 0 Å². The number of nitrogens with zero attached hydrogens (tertiary/aromatic N) is 3. The fourth-order valence-electron chi connectivity index (χ4n) is 0.620. The van der Waals surface area contributed by atoms with Gasteiger partial charge in [0.25, 0.3) is 0 Å². The highest BCUT2D eigenvalue weighted by Crippen LogP contribution is 2.27. The van der Waals surface area contributed by atoms with Crippen LogP contribution in [0, 0.1) is 0 Å². The molecule has 0 atom stereocenters. The third-order valence-corrected chi connectivity index (χ3v) is 1.76. The summed E-state index contributed by atoms with van der Waals surface area (Å²) in [7, 11) is 1.87. The molecule has 0 unspecified atom stereocenters. The van der Waals surface area contributed by atoms with Crippen molar-refractivity contribution in [2.45, 2.75) is 17.3 Å². The first kappa shape index (κ1) is 7.97. The fourth-order valence-corrected chi connectivity index (χ4v) is 0.867. The zero-order valence-electron chi connectivity index (χ0n) is 6.30. The Morgan fingerprint density at radius 1 is 1.60 bits per heavy atom. The minimum Gasteiger partial charge on any atom is -0.255 e. The van der Waals surface area contributed by atoms with Gasteiger partial charge in [0.05, 0.1) is 9.12 Å². The van der Waals surface area contributed by atoms with Crippen LogP contribution in [0.2, 0.25) is 0 Å². The van der Waals surface area contributed by atoms with Gasteiger partial charge in [-0.1, -0.05) is 27.8 Å². The molecule has 1 aromatic rings. The van der Waals surface area contributed by atoms with Crippen molar-refractivity contribution in [2.75, 3.05) is 0 Å². The Bertz CT molecular complexity index is 223. The minimum atomic E-state index is 0.0893. The zero-order valence-corrected chi connectivity index (χ0v) is 8.45. The maximum atomic E-state index is 3.99. The van der Waals surface area contributed by atoms with Crippen LogP contribution in [0.4, 0.5) is 0 Å². The molecular weight excluding hydrogens is 241 g/mol. The van der Waals surface area contributed by atoms with E-state index in [9.17, 15) is 0 Å². The molecule has 0 N–H and O–H groups in total. The Kier molecular flexibility index (Phi) is 1.98. The molecule has 0 aromatic carbocycles. The maximum absolute atomic E-state index is 3.99. The molecule has 10 heavy (non-hydrogen) atoms. The van der Waals surface area contributed by atoms with E-state index in [0.29, 0.717) is 0 Å². The van der Waals surface area contributed by atoms with Gasteiger partial charge >= 0.3 is 0 Å². The van der Waals surface area contributed by atoms with Crippen LogP contribution < -0.4 is 0 Å². The Morgan fingerprint density at radius 3 is 2.40 bits per heavy atom. The number of hydrogen-bond acceptors (Lipinski definition) is 2. The van der Waals surface area contributed by atoms with Crippen molar-refractivity contribution in [3.8, 4) is 0 Å². The van der Waals surface area contributed by atoms with Gasteiger partial charge in [-0.15, -0.1) is 5.10 Å². The number of alkyl halides is 1. The van der Waals surface area contributed by atoms with Crippen LogP contribution in [0.3, 0.4) is 0 Å². The number of aryl methyl sites for hydroxylation is 1. The lowest BCUT2D eigenvalue weighted by Gasteiger charge is -2.10. The molecule has 56 valence electrons. The van der Waals surface area contributed by atoms with Gasteiger partial charge in [-0.25, -0.2) is 0 Å². The smallest absolute Gasteiger partial charge is 0.0980 e. The van der Waals surface area contributed by atoms with Crippen LogP contribution in [0.5, 0.6) is 0 Å². The SMILES string of the molecule is Cn1cc(C(C)(C)I)nn1. The van der Waals surface area contributed by atoms with Gasteiger partial charge in [-0.2, -0.15) is 0 Å². The average molecular weight is 251 g/mol. The van der Waals surface area contributed by atoms with Crippen molar-refractivity contribution in [3.63, 3.8) is 0 Å². The van der Waals surface area contributed by atoms with Gasteiger partial charge in [0.15, 0.2) is 0 Å². The predicted molar refractivity (Wildman–Crippen MR) is 48.0 cm³/mol. The second-order valence-corrected chi connectivity index (χ2v) is 5.45. The molecule has 0 saturated heterocycles. The van der Waals surface area contributed by atoms with Crippen LogP contribution in [-0.2, 0) is 10.5 Å². The summed E-state index contributed by atoms with van der Waals surface area (Å²) in [6, 6.07) is 0. The largest absolute Gasteiger partial charge is 0.255 e. The topological polar surface area (TPSA) is 30.7 Å². The third kappa shape index (κ3) is 1.68. The summed E-state index contributed by atoms with van der Waals surface area (Å²) in [4.78, 5) is 0. The highest BCUT2D eigenvalue weighted by molar-refractivity contribution is 14.1. The Balaban J connectivity index is 2.96. The molecular formula is C6H10IN3. The quantitative estimate of drug-likeness (QED) is 0.559. The first-order valence-corrected chi connectivity index (χ1v) is 4.14. The van der Waals surface area contributed by atoms with Gasteiger partial charge in [0, 0.05) is 13.2 Å². The summed E-state index contributed by atoms with van der Waals surface area (Å²) in [5.41, 5.74) is 1.02. The molecule has 0 aliphatic carbocycles. The standard InChI is InChI=1S/C6H10IN3/c1-6(2,7)5-4-10(3)9-8-5/h4H,1-3H3. The maximum Gasteiger partial charge on any atom is 0.0980 e. The molecule has 4 heteroatoms. The van der Waals surface area contributed by atoms with E-state index in [-0.39, 0.29) is 3.42 Å². The molecule has 0 fully saturated rings. The summed E-state index contributed by atoms with van der Waals surface area (Å²) in [5, 5.41) is 7.84. The molecule has 3 nitrogen and oxygen atoms in total. The average Bonchev–Trinajstić information content (AvgIpc) is 2.11. The lowest BCUT2D eigenvalue weighted by atomic mass is 10.2. The number of halogens is 1. The van der Waals surface area contributed by atoms with E-state index < -0.39 is 0 Å². The number of aromatic nitrogens is 3. The Hall–Kier alpha value is -0.130. The molecule has 0 spiro atoms. The summed E-state index contributed by atoms with van der Waals surface area (Å²) in [6.45, 7) is 4.22. The normalized spacial score (nSPS) is 12.0. The summed E-state index contributed by atoms with van der Waals surface area (Å²) in [6.07, 6.45) is 1.94. The third-order valence-electron chi connectivity index (χ3n) is 1.21. The molecule has 1 aromatic heterocycles. The Morgan fingerprint density at radius 2 is 2.20 bits per heavy atom. The molecule has 0 amide bonds. The van der Waals surface area contributed by atoms with Crippen molar-refractivity contribution in [2.24, 2.45) is 7.05 Å². The summed E-state index contributed by atoms with van der Waals surface area (Å²) in [5.74, 6) is 0. The van der Waals surface area contributed by atoms with E-state index in [0.717, 1.165) is 5.69 Å². The van der Waals surface area contributed by atoms with Gasteiger partial charge in [-0.3, -0.25) is 4.68 Å². The molecule has 1 rings (SSSR count). The van der Waals surface area contributed by atoms with Gasteiger partial charge in [-0.05, 0) is 13.8 Å². The summed E-state index contributed by atoms with van der Waals surface area (Å²) >= 11 is 2.34. The van der Waals surface area contributed by atoms with Crippen molar-refractivity contribution in [1.82, 2.24) is 15.0 Å². The minimum absolute atomic E-state index is 0.0893. The molecule has 0 radical (unpaired) electrons. The van der Waals surface area contributed by atoms with Crippen LogP contribution >= 0.6 is 22.6 Å². The fraction of sp³-hybridized carbons (Fsp3) is 0.667. The first-order chi connectivity index (χ1) is 4.50. The van der Waals surface area contributed by atoms with Gasteiger partial charge in [0.2, 0.25) is 0 Å². The van der Waals surface area contributed by atoms with Crippen molar-refractivity contribution < 1.29 is 0 Å². The molecule has 0 aliphatic rings. The lowest BCUT2D eigenvalue weighted by Crippen LogP contribution is -2.06. The number of rotatable bonds is 1. The Labute approximate surface area is 73.9 Å². The summed E-state index contributed by atoms with van der Waals surface area (Å²) < 4.78 is 1.81. The van der Waals surface area contributed by atoms with E-state index in [1.165, 1.54) is 0 Å². The van der Waals surface area contributed by atoms with Gasteiger partial charge < -0.3 is 0 Å². The predicted octanol–water partition coefficient (Wildman–Crippen LogP) is 1.49. The van der Waals surface area contributed by atoms with Crippen molar-refractivity contribution in [3.05, 3.63) is 11.9 Å². The van der Waals surface area contributed by atoms with E-state index in [2.05, 4.69) is 46.8 Å². The van der Waals surface area contributed by atoms with Crippen LogP contribution in [0.1, 0.15) is 19.5 Å². The van der Waals surface area contributed by atoms with Crippen LogP contribution in [0.25, 0.3) is 0 Å². The first-order valence-electron chi connectivity index (χ1n) is 3.06. The lowest BCUT2D eigenvalue weighted by molar-refractivity contribution is 0.708. The van der Waals surface area contributed by atoms with Crippen molar-refractivity contribution in [1.29, 1.82) is 0 Å². The van der Waals surface area contributed by atoms with Gasteiger partial charge in [0.1, 0.15) is 0 Å². The van der Waals surface area contributed by atoms with Crippen LogP contribution in [-0.4, -0.2) is 15.0 Å². The van der Waals surface area contributed by atoms with Crippen molar-refractivity contribution >= 4 is 22.6 Å². The second-order valence-electron chi connectivity index (χ2n) is 2.75. The molecule has 0 aliphatic heterocycles. The highest BCUT2D eigenvalue weighted by Gasteiger charge is 2.18. The molecule has 1 heterocycles. The molecule has 0 saturated carbocycles. The van der Waals surface area contributed by atoms with Crippen LogP contribution in [0.15, 0.2) is 6.20 Å².